The number of hydrogen-bond acceptors (Lipinski definition) is 5. The zero-order valence-corrected chi connectivity index (χ0v) is 5.99. The lowest BCUT2D eigenvalue weighted by Crippen LogP contribution is -2.21. The summed E-state index contributed by atoms with van der Waals surface area (Å²) < 4.78 is 8.85. The average Bonchev–Trinajstić information content (AvgIpc) is 1.88. The summed E-state index contributed by atoms with van der Waals surface area (Å²) in [5, 5.41) is 0. The minimum absolute atomic E-state index is 0.274. The fraction of sp³-hybridized carbons (Fsp3) is 0.800. The van der Waals surface area contributed by atoms with Crippen LogP contribution in [0.4, 0.5) is 4.79 Å². The zero-order chi connectivity index (χ0) is 7.98. The van der Waals surface area contributed by atoms with Gasteiger partial charge in [0, 0.05) is 0 Å². The first-order chi connectivity index (χ1) is 4.70. The summed E-state index contributed by atoms with van der Waals surface area (Å²) in [6.07, 6.45) is -1.54. The van der Waals surface area contributed by atoms with E-state index in [1.54, 1.807) is 6.92 Å². The highest BCUT2D eigenvalue weighted by atomic mass is 16.8. The van der Waals surface area contributed by atoms with Crippen molar-refractivity contribution >= 4 is 6.16 Å². The molecule has 5 nitrogen and oxygen atoms in total. The Morgan fingerprint density at radius 2 is 2.30 bits per heavy atom. The van der Waals surface area contributed by atoms with Gasteiger partial charge in [-0.1, -0.05) is 0 Å². The Morgan fingerprint density at radius 3 is 2.70 bits per heavy atom. The molecule has 10 heavy (non-hydrogen) atoms. The maximum atomic E-state index is 10.4. The topological polar surface area (TPSA) is 70.8 Å². The van der Waals surface area contributed by atoms with E-state index in [0.717, 1.165) is 0 Å². The molecule has 0 amide bonds. The molecule has 0 saturated carbocycles. The first-order valence-electron chi connectivity index (χ1n) is 2.89. The van der Waals surface area contributed by atoms with Gasteiger partial charge >= 0.3 is 6.16 Å². The Kier molecular flexibility index (Phi) is 4.61. The van der Waals surface area contributed by atoms with Crippen molar-refractivity contribution in [3.05, 3.63) is 0 Å². The number of hydrogen-bond donors (Lipinski definition) is 1. The van der Waals surface area contributed by atoms with Crippen LogP contribution in [-0.4, -0.2) is 19.1 Å². The Morgan fingerprint density at radius 1 is 1.70 bits per heavy atom. The average molecular weight is 149 g/mol. The van der Waals surface area contributed by atoms with Gasteiger partial charge in [-0.05, 0) is 13.8 Å². The highest BCUT2D eigenvalue weighted by Gasteiger charge is 2.07. The number of carbonyl (C=O) groups is 1. The lowest BCUT2D eigenvalue weighted by molar-refractivity contribution is -0.112. The van der Waals surface area contributed by atoms with Crippen LogP contribution in [0.25, 0.3) is 0 Å². The summed E-state index contributed by atoms with van der Waals surface area (Å²) >= 11 is 0. The van der Waals surface area contributed by atoms with Crippen LogP contribution in [0.3, 0.4) is 0 Å². The second kappa shape index (κ2) is 5.01. The van der Waals surface area contributed by atoms with Gasteiger partial charge < -0.3 is 9.47 Å². The summed E-state index contributed by atoms with van der Waals surface area (Å²) in [6, 6.07) is 0. The van der Waals surface area contributed by atoms with Gasteiger partial charge in [-0.3, -0.25) is 4.84 Å². The van der Waals surface area contributed by atoms with Gasteiger partial charge in [-0.2, -0.15) is 0 Å². The molecule has 0 aliphatic carbocycles. The molecule has 0 aliphatic heterocycles. The molecule has 0 aromatic rings. The van der Waals surface area contributed by atoms with Gasteiger partial charge in [0.2, 0.25) is 6.29 Å². The fourth-order valence-corrected chi connectivity index (χ4v) is 0.315. The highest BCUT2D eigenvalue weighted by Crippen LogP contribution is 1.92. The molecule has 0 heterocycles. The van der Waals surface area contributed by atoms with Crippen molar-refractivity contribution in [3.63, 3.8) is 0 Å². The fourth-order valence-electron chi connectivity index (χ4n) is 0.315. The van der Waals surface area contributed by atoms with Crippen LogP contribution in [0.5, 0.6) is 0 Å². The van der Waals surface area contributed by atoms with Gasteiger partial charge in [0.25, 0.3) is 0 Å². The minimum Gasteiger partial charge on any atom is -0.435 e. The molecule has 0 bridgehead atoms. The molecule has 0 rings (SSSR count). The van der Waals surface area contributed by atoms with Crippen LogP contribution < -0.4 is 5.90 Å². The third-order valence-corrected chi connectivity index (χ3v) is 0.716. The van der Waals surface area contributed by atoms with Crippen molar-refractivity contribution in [1.29, 1.82) is 0 Å². The Labute approximate surface area is 59.0 Å². The van der Waals surface area contributed by atoms with Crippen molar-refractivity contribution < 1.29 is 19.1 Å². The Balaban J connectivity index is 3.37. The maximum absolute atomic E-state index is 10.4. The third kappa shape index (κ3) is 4.11. The van der Waals surface area contributed by atoms with Gasteiger partial charge in [-0.15, -0.1) is 0 Å². The van der Waals surface area contributed by atoms with E-state index in [1.165, 1.54) is 6.92 Å². The van der Waals surface area contributed by atoms with E-state index in [2.05, 4.69) is 20.2 Å². The van der Waals surface area contributed by atoms with Crippen molar-refractivity contribution in [2.75, 3.05) is 6.61 Å². The lowest BCUT2D eigenvalue weighted by Gasteiger charge is -2.08. The highest BCUT2D eigenvalue weighted by molar-refractivity contribution is 5.59. The molecule has 1 unspecified atom stereocenters. The van der Waals surface area contributed by atoms with Crippen molar-refractivity contribution in [2.45, 2.75) is 20.1 Å². The van der Waals surface area contributed by atoms with Gasteiger partial charge in [-0.25, -0.2) is 10.7 Å². The summed E-state index contributed by atoms with van der Waals surface area (Å²) in [5.41, 5.74) is 0. The Bertz CT molecular complexity index is 106. The van der Waals surface area contributed by atoms with Crippen molar-refractivity contribution in [2.24, 2.45) is 5.90 Å². The van der Waals surface area contributed by atoms with E-state index >= 15 is 0 Å². The first-order valence-corrected chi connectivity index (χ1v) is 2.89. The van der Waals surface area contributed by atoms with Crippen LogP contribution in [0.2, 0.25) is 0 Å². The lowest BCUT2D eigenvalue weighted by atomic mass is 10.8. The Hall–Kier alpha value is -0.810. The van der Waals surface area contributed by atoms with E-state index in [4.69, 9.17) is 0 Å². The zero-order valence-electron chi connectivity index (χ0n) is 5.99. The first kappa shape index (κ1) is 9.19. The number of carbonyl (C=O) groups excluding carboxylic acids is 1. The summed E-state index contributed by atoms with van der Waals surface area (Å²) in [4.78, 5) is 14.6. The molecule has 0 saturated heterocycles. The monoisotopic (exact) mass is 149 g/mol. The standard InChI is InChI=1S/C5H11NO4/c1-3-8-5(7)9-4(2)10-6/h4H,3,6H2,1-2H3. The molecule has 2 N–H and O–H groups in total. The second-order valence-corrected chi connectivity index (χ2v) is 1.50. The summed E-state index contributed by atoms with van der Waals surface area (Å²) in [6.45, 7) is 3.43. The molecule has 0 radical (unpaired) electrons. The second-order valence-electron chi connectivity index (χ2n) is 1.50. The molecule has 0 aromatic carbocycles. The van der Waals surface area contributed by atoms with Crippen LogP contribution in [0, 0.1) is 0 Å². The van der Waals surface area contributed by atoms with Gasteiger partial charge in [0.15, 0.2) is 0 Å². The van der Waals surface area contributed by atoms with Crippen LogP contribution in [-0.2, 0) is 14.3 Å². The van der Waals surface area contributed by atoms with Crippen LogP contribution in [0.15, 0.2) is 0 Å². The molecule has 0 aliphatic rings. The van der Waals surface area contributed by atoms with Gasteiger partial charge in [0.1, 0.15) is 0 Å². The summed E-state index contributed by atoms with van der Waals surface area (Å²) in [5.74, 6) is 4.68. The van der Waals surface area contributed by atoms with Crippen molar-refractivity contribution in [1.82, 2.24) is 0 Å². The molecule has 1 atom stereocenters. The molecule has 5 heteroatoms. The van der Waals surface area contributed by atoms with E-state index in [9.17, 15) is 4.79 Å². The molecular formula is C5H11NO4. The largest absolute Gasteiger partial charge is 0.510 e. The molecule has 0 fully saturated rings. The van der Waals surface area contributed by atoms with Gasteiger partial charge in [0.05, 0.1) is 6.61 Å². The molecular weight excluding hydrogens is 138 g/mol. The normalized spacial score (nSPS) is 12.3. The van der Waals surface area contributed by atoms with E-state index < -0.39 is 12.4 Å². The summed E-state index contributed by atoms with van der Waals surface area (Å²) in [7, 11) is 0. The SMILES string of the molecule is CCOC(=O)OC(C)ON. The molecule has 0 spiro atoms. The van der Waals surface area contributed by atoms with Crippen LogP contribution in [0.1, 0.15) is 13.8 Å². The number of rotatable bonds is 3. The molecule has 0 aromatic heterocycles. The van der Waals surface area contributed by atoms with E-state index in [0.29, 0.717) is 0 Å². The smallest absolute Gasteiger partial charge is 0.435 e. The van der Waals surface area contributed by atoms with E-state index in [-0.39, 0.29) is 6.61 Å². The van der Waals surface area contributed by atoms with Crippen LogP contribution >= 0.6 is 0 Å². The number of ether oxygens (including phenoxy) is 2. The maximum Gasteiger partial charge on any atom is 0.510 e. The predicted octanol–water partition coefficient (Wildman–Crippen LogP) is 0.396. The third-order valence-electron chi connectivity index (χ3n) is 0.716. The van der Waals surface area contributed by atoms with Crippen molar-refractivity contribution in [3.8, 4) is 0 Å². The van der Waals surface area contributed by atoms with E-state index in [1.807, 2.05) is 0 Å². The quantitative estimate of drug-likeness (QED) is 0.357. The number of nitrogens with two attached hydrogens (primary N) is 1. The predicted molar refractivity (Wildman–Crippen MR) is 32.8 cm³/mol. The molecule has 60 valence electrons. The minimum atomic E-state index is -0.777.